The summed E-state index contributed by atoms with van der Waals surface area (Å²) < 4.78 is 11.9. The van der Waals surface area contributed by atoms with E-state index >= 15 is 0 Å². The van der Waals surface area contributed by atoms with Crippen LogP contribution in [0.5, 0.6) is 5.75 Å². The lowest BCUT2D eigenvalue weighted by molar-refractivity contribution is -0.122. The van der Waals surface area contributed by atoms with Crippen LogP contribution in [0.25, 0.3) is 22.6 Å². The van der Waals surface area contributed by atoms with E-state index in [1.165, 1.54) is 0 Å². The molecular formula is C24H21N3O3S. The lowest BCUT2D eigenvalue weighted by atomic mass is 9.90. The summed E-state index contributed by atoms with van der Waals surface area (Å²) in [6.45, 7) is 2.62. The molecule has 7 heteroatoms. The van der Waals surface area contributed by atoms with Gasteiger partial charge in [0.1, 0.15) is 17.9 Å². The zero-order valence-corrected chi connectivity index (χ0v) is 17.8. The average molecular weight is 432 g/mol. The number of rotatable bonds is 6. The Kier molecular flexibility index (Phi) is 5.26. The Morgan fingerprint density at radius 2 is 2.00 bits per heavy atom. The molecule has 3 heterocycles. The number of carbonyl (C=O) groups is 1. The van der Waals surface area contributed by atoms with Gasteiger partial charge in [-0.05, 0) is 65.2 Å². The first-order chi connectivity index (χ1) is 15.2. The van der Waals surface area contributed by atoms with Crippen LogP contribution in [0.2, 0.25) is 0 Å². The highest BCUT2D eigenvalue weighted by molar-refractivity contribution is 7.07. The number of carbonyl (C=O) groups excluding carboxylic acids is 1. The molecule has 6 nitrogen and oxygen atoms in total. The second kappa shape index (κ2) is 8.35. The summed E-state index contributed by atoms with van der Waals surface area (Å²) in [7, 11) is 0. The molecule has 1 N–H and O–H groups in total. The number of nitrogens with zero attached hydrogens (tertiary/aromatic N) is 2. The molecule has 1 amide bonds. The smallest absolute Gasteiger partial charge is 0.240 e. The quantitative estimate of drug-likeness (QED) is 0.444. The monoisotopic (exact) mass is 431 g/mol. The fraction of sp³-hybridized carbons (Fsp3) is 0.208. The molecule has 156 valence electrons. The van der Waals surface area contributed by atoms with E-state index in [-0.39, 0.29) is 11.8 Å². The van der Waals surface area contributed by atoms with Gasteiger partial charge < -0.3 is 9.15 Å². The molecule has 0 saturated heterocycles. The minimum Gasteiger partial charge on any atom is -0.489 e. The van der Waals surface area contributed by atoms with E-state index in [1.807, 2.05) is 47.8 Å². The molecule has 0 saturated carbocycles. The van der Waals surface area contributed by atoms with Crippen molar-refractivity contribution >= 4 is 34.1 Å². The topological polar surface area (TPSA) is 76.7 Å². The van der Waals surface area contributed by atoms with E-state index in [1.54, 1.807) is 11.3 Å². The summed E-state index contributed by atoms with van der Waals surface area (Å²) in [6, 6.07) is 15.7. The molecule has 0 radical (unpaired) electrons. The van der Waals surface area contributed by atoms with Gasteiger partial charge in [-0.15, -0.1) is 0 Å². The standard InChI is InChI=1S/C24H21N3O3S/c1-2-16-12-22(28)26-27-23(16)18-5-8-20-21(11-18)30-24(25-20)17-3-6-19(7-4-17)29-13-15-9-10-31-14-15/h3-11,14,16H,2,12-13H2,1H3,(H,26,28). The van der Waals surface area contributed by atoms with Gasteiger partial charge in [0, 0.05) is 23.5 Å². The number of benzene rings is 2. The summed E-state index contributed by atoms with van der Waals surface area (Å²) in [6.07, 6.45) is 1.31. The van der Waals surface area contributed by atoms with Crippen LogP contribution in [0.15, 0.2) is 68.8 Å². The molecule has 1 atom stereocenters. The third kappa shape index (κ3) is 4.09. The normalized spacial score (nSPS) is 16.2. The zero-order valence-electron chi connectivity index (χ0n) is 17.0. The van der Waals surface area contributed by atoms with Gasteiger partial charge in [-0.3, -0.25) is 4.79 Å². The molecule has 0 bridgehead atoms. The number of amides is 1. The molecule has 0 aliphatic carbocycles. The predicted molar refractivity (Wildman–Crippen MR) is 121 cm³/mol. The van der Waals surface area contributed by atoms with Gasteiger partial charge >= 0.3 is 0 Å². The van der Waals surface area contributed by atoms with Crippen LogP contribution in [-0.4, -0.2) is 16.6 Å². The first-order valence-corrected chi connectivity index (χ1v) is 11.2. The predicted octanol–water partition coefficient (Wildman–Crippen LogP) is 5.39. The van der Waals surface area contributed by atoms with Gasteiger partial charge in [0.05, 0.1) is 5.71 Å². The summed E-state index contributed by atoms with van der Waals surface area (Å²) in [4.78, 5) is 16.3. The summed E-state index contributed by atoms with van der Waals surface area (Å²) >= 11 is 1.66. The number of aromatic nitrogens is 1. The molecule has 0 spiro atoms. The van der Waals surface area contributed by atoms with Gasteiger partial charge in [-0.25, -0.2) is 10.4 Å². The van der Waals surface area contributed by atoms with Gasteiger partial charge in [-0.2, -0.15) is 16.4 Å². The van der Waals surface area contributed by atoms with Crippen molar-refractivity contribution in [3.05, 3.63) is 70.4 Å². The molecule has 31 heavy (non-hydrogen) atoms. The molecule has 1 aliphatic heterocycles. The highest BCUT2D eigenvalue weighted by atomic mass is 32.1. The fourth-order valence-electron chi connectivity index (χ4n) is 3.66. The second-order valence-corrected chi connectivity index (χ2v) is 8.27. The number of hydrogen-bond acceptors (Lipinski definition) is 6. The lowest BCUT2D eigenvalue weighted by Gasteiger charge is -2.21. The van der Waals surface area contributed by atoms with Crippen molar-refractivity contribution in [3.8, 4) is 17.2 Å². The molecule has 5 rings (SSSR count). The maximum absolute atomic E-state index is 11.7. The summed E-state index contributed by atoms with van der Waals surface area (Å²) in [5, 5.41) is 8.41. The first kappa shape index (κ1) is 19.5. The Bertz CT molecular complexity index is 1240. The van der Waals surface area contributed by atoms with Crippen LogP contribution in [-0.2, 0) is 11.4 Å². The van der Waals surface area contributed by atoms with Gasteiger partial charge in [0.15, 0.2) is 5.58 Å². The van der Waals surface area contributed by atoms with Crippen LogP contribution in [0.4, 0.5) is 0 Å². The van der Waals surface area contributed by atoms with Crippen LogP contribution in [0, 0.1) is 5.92 Å². The van der Waals surface area contributed by atoms with Crippen molar-refractivity contribution in [1.82, 2.24) is 10.4 Å². The molecule has 2 aromatic heterocycles. The highest BCUT2D eigenvalue weighted by Crippen LogP contribution is 2.28. The average Bonchev–Trinajstić information content (AvgIpc) is 3.47. The number of hydrogen-bond donors (Lipinski definition) is 1. The van der Waals surface area contributed by atoms with Crippen molar-refractivity contribution in [2.24, 2.45) is 11.0 Å². The minimum absolute atomic E-state index is 0.0404. The molecular weight excluding hydrogens is 410 g/mol. The van der Waals surface area contributed by atoms with Gasteiger partial charge in [0.2, 0.25) is 11.8 Å². The molecule has 0 fully saturated rings. The number of oxazole rings is 1. The van der Waals surface area contributed by atoms with Crippen LogP contribution in [0.1, 0.15) is 30.9 Å². The van der Waals surface area contributed by atoms with E-state index in [0.717, 1.165) is 40.1 Å². The Morgan fingerprint density at radius 1 is 1.16 bits per heavy atom. The number of nitrogens with one attached hydrogen (secondary N) is 1. The van der Waals surface area contributed by atoms with E-state index in [0.29, 0.717) is 24.5 Å². The third-order valence-electron chi connectivity index (χ3n) is 5.38. The van der Waals surface area contributed by atoms with Crippen LogP contribution >= 0.6 is 11.3 Å². The lowest BCUT2D eigenvalue weighted by Crippen LogP contribution is -2.33. The van der Waals surface area contributed by atoms with Crippen molar-refractivity contribution in [1.29, 1.82) is 0 Å². The Balaban J connectivity index is 1.37. The van der Waals surface area contributed by atoms with Crippen molar-refractivity contribution < 1.29 is 13.9 Å². The maximum atomic E-state index is 11.7. The summed E-state index contributed by atoms with van der Waals surface area (Å²) in [5.74, 6) is 1.43. The second-order valence-electron chi connectivity index (χ2n) is 7.49. The number of ether oxygens (including phenoxy) is 1. The fourth-order valence-corrected chi connectivity index (χ4v) is 4.31. The number of hydrazone groups is 1. The van der Waals surface area contributed by atoms with E-state index in [4.69, 9.17) is 9.15 Å². The number of fused-ring (bicyclic) bond motifs is 1. The molecule has 2 aromatic carbocycles. The van der Waals surface area contributed by atoms with Crippen molar-refractivity contribution in [3.63, 3.8) is 0 Å². The van der Waals surface area contributed by atoms with E-state index < -0.39 is 0 Å². The first-order valence-electron chi connectivity index (χ1n) is 10.2. The van der Waals surface area contributed by atoms with E-state index in [2.05, 4.69) is 33.9 Å². The number of thiophene rings is 1. The SMILES string of the molecule is CCC1CC(=O)NN=C1c1ccc2nc(-c3ccc(OCc4ccsc4)cc3)oc2c1. The third-order valence-corrected chi connectivity index (χ3v) is 6.12. The van der Waals surface area contributed by atoms with Crippen LogP contribution < -0.4 is 10.2 Å². The van der Waals surface area contributed by atoms with Crippen molar-refractivity contribution in [2.75, 3.05) is 0 Å². The minimum atomic E-state index is -0.0404. The van der Waals surface area contributed by atoms with Crippen LogP contribution in [0.3, 0.4) is 0 Å². The Labute approximate surface area is 183 Å². The molecule has 1 aliphatic rings. The van der Waals surface area contributed by atoms with E-state index in [9.17, 15) is 4.79 Å². The largest absolute Gasteiger partial charge is 0.489 e. The highest BCUT2D eigenvalue weighted by Gasteiger charge is 2.24. The molecule has 4 aromatic rings. The zero-order chi connectivity index (χ0) is 21.2. The Hall–Kier alpha value is -3.45. The van der Waals surface area contributed by atoms with Gasteiger partial charge in [-0.1, -0.05) is 13.0 Å². The Morgan fingerprint density at radius 3 is 2.77 bits per heavy atom. The van der Waals surface area contributed by atoms with Gasteiger partial charge in [0.25, 0.3) is 0 Å². The maximum Gasteiger partial charge on any atom is 0.240 e. The summed E-state index contributed by atoms with van der Waals surface area (Å²) in [5.41, 5.74) is 7.94. The molecule has 1 unspecified atom stereocenters. The van der Waals surface area contributed by atoms with Crippen molar-refractivity contribution in [2.45, 2.75) is 26.4 Å².